The van der Waals surface area contributed by atoms with Crippen molar-refractivity contribution >= 4 is 0 Å². The maximum Gasteiger partial charge on any atom is 0.175 e. The highest BCUT2D eigenvalue weighted by atomic mass is 15.5. The van der Waals surface area contributed by atoms with Gasteiger partial charge >= 0.3 is 0 Å². The Bertz CT molecular complexity index is 62.0. The van der Waals surface area contributed by atoms with Crippen LogP contribution >= 0.6 is 0 Å². The van der Waals surface area contributed by atoms with Crippen LogP contribution < -0.4 is 6.15 Å². The quantitative estimate of drug-likeness (QED) is 0.468. The monoisotopic (exact) mass is 87.1 g/mol. The van der Waals surface area contributed by atoms with E-state index < -0.39 is 0 Å². The Labute approximate surface area is 34.7 Å². The van der Waals surface area contributed by atoms with Gasteiger partial charge in [0.25, 0.3) is 0 Å². The van der Waals surface area contributed by atoms with Crippen molar-refractivity contribution in [2.75, 3.05) is 6.67 Å². The fourth-order valence-corrected chi connectivity index (χ4v) is 0.141. The predicted molar refractivity (Wildman–Crippen MR) is 19.6 cm³/mol. The van der Waals surface area contributed by atoms with E-state index in [4.69, 9.17) is 0 Å². The zero-order valence-electron chi connectivity index (χ0n) is 3.20. The Kier molecular flexibility index (Phi) is 2.06. The third-order valence-electron chi connectivity index (χ3n) is 0.293. The second kappa shape index (κ2) is 2.40. The Balaban J connectivity index is 0.000000250. The van der Waals surface area contributed by atoms with Gasteiger partial charge in [-0.25, -0.2) is 0 Å². The molecule has 0 fully saturated rings. The average molecular weight is 87.1 g/mol. The third kappa shape index (κ3) is 0.852. The van der Waals surface area contributed by atoms with E-state index in [1.807, 2.05) is 0 Å². The molecule has 0 saturated carbocycles. The molecule has 0 aromatic rings. The van der Waals surface area contributed by atoms with Gasteiger partial charge < -0.3 is 6.15 Å². The highest BCUT2D eigenvalue weighted by molar-refractivity contribution is 4.30. The van der Waals surface area contributed by atoms with Crippen LogP contribution in [0.25, 0.3) is 0 Å². The van der Waals surface area contributed by atoms with Crippen molar-refractivity contribution in [3.63, 3.8) is 0 Å². The first kappa shape index (κ1) is 5.16. The summed E-state index contributed by atoms with van der Waals surface area (Å²) >= 11 is 0. The van der Waals surface area contributed by atoms with Crippen molar-refractivity contribution < 1.29 is 0 Å². The predicted octanol–water partition coefficient (Wildman–Crippen LogP) is 0.939. The van der Waals surface area contributed by atoms with E-state index in [2.05, 4.69) is 20.7 Å². The van der Waals surface area contributed by atoms with Crippen molar-refractivity contribution in [1.82, 2.24) is 6.15 Å². The SMILES string of the molecule is C1N=NN=N1.N. The van der Waals surface area contributed by atoms with Gasteiger partial charge in [0.1, 0.15) is 0 Å². The average Bonchev–Trinajstić information content (AvgIpc) is 1.76. The third-order valence-corrected chi connectivity index (χ3v) is 0.293. The fourth-order valence-electron chi connectivity index (χ4n) is 0.141. The van der Waals surface area contributed by atoms with Crippen molar-refractivity contribution in [3.05, 3.63) is 0 Å². The van der Waals surface area contributed by atoms with E-state index in [1.165, 1.54) is 0 Å². The molecule has 0 bridgehead atoms. The van der Waals surface area contributed by atoms with E-state index in [0.717, 1.165) is 0 Å². The molecule has 0 aliphatic carbocycles. The maximum atomic E-state index is 3.38. The van der Waals surface area contributed by atoms with Crippen LogP contribution in [0.3, 0.4) is 0 Å². The molecule has 0 saturated heterocycles. The summed E-state index contributed by atoms with van der Waals surface area (Å²) in [6.45, 7) is 0.417. The van der Waals surface area contributed by atoms with E-state index in [-0.39, 0.29) is 6.15 Å². The molecule has 1 rings (SSSR count). The lowest BCUT2D eigenvalue weighted by Gasteiger charge is -1.52. The van der Waals surface area contributed by atoms with Crippen LogP contribution in [0, 0.1) is 0 Å². The van der Waals surface area contributed by atoms with Crippen LogP contribution in [0.15, 0.2) is 20.7 Å². The van der Waals surface area contributed by atoms with Crippen LogP contribution in [0.4, 0.5) is 0 Å². The van der Waals surface area contributed by atoms with E-state index >= 15 is 0 Å². The number of hydrogen-bond donors (Lipinski definition) is 1. The first-order valence-electron chi connectivity index (χ1n) is 1.23. The van der Waals surface area contributed by atoms with Gasteiger partial charge in [-0.05, 0) is 10.4 Å². The summed E-state index contributed by atoms with van der Waals surface area (Å²) in [4.78, 5) is 0. The largest absolute Gasteiger partial charge is 0.344 e. The lowest BCUT2D eigenvalue weighted by Crippen LogP contribution is -1.52. The number of hydrogen-bond acceptors (Lipinski definition) is 5. The molecule has 5 nitrogen and oxygen atoms in total. The first-order valence-corrected chi connectivity index (χ1v) is 1.23. The van der Waals surface area contributed by atoms with Crippen molar-refractivity contribution in [2.24, 2.45) is 20.7 Å². The maximum absolute atomic E-state index is 3.38. The molecule has 3 N–H and O–H groups in total. The highest BCUT2D eigenvalue weighted by Gasteiger charge is 1.76. The van der Waals surface area contributed by atoms with Crippen molar-refractivity contribution in [3.8, 4) is 0 Å². The number of nitrogens with zero attached hydrogens (tertiary/aromatic N) is 4. The van der Waals surface area contributed by atoms with Gasteiger partial charge in [-0.2, -0.15) is 0 Å². The standard InChI is InChI=1S/CH2N4.H3N/c1-2-4-5-3-1;/h1H2;1H3. The minimum absolute atomic E-state index is 0. The molecule has 6 heavy (non-hydrogen) atoms. The summed E-state index contributed by atoms with van der Waals surface area (Å²) in [5.41, 5.74) is 0. The molecule has 1 aliphatic heterocycles. The van der Waals surface area contributed by atoms with Gasteiger partial charge in [0, 0.05) is 0 Å². The van der Waals surface area contributed by atoms with Gasteiger partial charge in [0.2, 0.25) is 0 Å². The van der Waals surface area contributed by atoms with Crippen molar-refractivity contribution in [1.29, 1.82) is 0 Å². The highest BCUT2D eigenvalue weighted by Crippen LogP contribution is 1.87. The lowest BCUT2D eigenvalue weighted by molar-refractivity contribution is 1.05. The minimum Gasteiger partial charge on any atom is -0.344 e. The molecule has 1 heterocycles. The summed E-state index contributed by atoms with van der Waals surface area (Å²) in [5, 5.41) is 13.1. The zero-order valence-corrected chi connectivity index (χ0v) is 3.20. The summed E-state index contributed by atoms with van der Waals surface area (Å²) in [6.07, 6.45) is 0. The van der Waals surface area contributed by atoms with Crippen LogP contribution in [-0.2, 0) is 0 Å². The van der Waals surface area contributed by atoms with E-state index in [1.54, 1.807) is 0 Å². The van der Waals surface area contributed by atoms with Crippen LogP contribution in [0.2, 0.25) is 0 Å². The Morgan fingerprint density at radius 3 is 1.67 bits per heavy atom. The molecule has 0 radical (unpaired) electrons. The lowest BCUT2D eigenvalue weighted by atomic mass is 11.2. The molecule has 0 atom stereocenters. The summed E-state index contributed by atoms with van der Waals surface area (Å²) in [7, 11) is 0. The molecule has 0 aromatic carbocycles. The van der Waals surface area contributed by atoms with Gasteiger partial charge in [0.05, 0.1) is 0 Å². The minimum atomic E-state index is 0. The summed E-state index contributed by atoms with van der Waals surface area (Å²) in [5.74, 6) is 0. The van der Waals surface area contributed by atoms with Gasteiger partial charge in [-0.3, -0.25) is 0 Å². The molecular formula is CH5N5. The topological polar surface area (TPSA) is 84.4 Å². The second-order valence-corrected chi connectivity index (χ2v) is 0.603. The Morgan fingerprint density at radius 1 is 1.00 bits per heavy atom. The van der Waals surface area contributed by atoms with Gasteiger partial charge in [0.15, 0.2) is 6.67 Å². The van der Waals surface area contributed by atoms with Gasteiger partial charge in [-0.15, -0.1) is 10.2 Å². The number of rotatable bonds is 0. The molecule has 1 aliphatic rings. The van der Waals surface area contributed by atoms with Crippen LogP contribution in [0.5, 0.6) is 0 Å². The summed E-state index contributed by atoms with van der Waals surface area (Å²) in [6, 6.07) is 0. The van der Waals surface area contributed by atoms with Gasteiger partial charge in [-0.1, -0.05) is 0 Å². The molecule has 5 heteroatoms. The molecule has 0 aromatic heterocycles. The Morgan fingerprint density at radius 2 is 1.50 bits per heavy atom. The molecule has 34 valence electrons. The molecule has 0 unspecified atom stereocenters. The van der Waals surface area contributed by atoms with E-state index in [9.17, 15) is 0 Å². The fraction of sp³-hybridized carbons (Fsp3) is 1.00. The second-order valence-electron chi connectivity index (χ2n) is 0.603. The normalized spacial score (nSPS) is 14.7. The molecule has 0 spiro atoms. The molecule has 0 amide bonds. The van der Waals surface area contributed by atoms with Crippen molar-refractivity contribution in [2.45, 2.75) is 0 Å². The van der Waals surface area contributed by atoms with Crippen LogP contribution in [0.1, 0.15) is 0 Å². The Hall–Kier alpha value is -0.840. The summed E-state index contributed by atoms with van der Waals surface area (Å²) < 4.78 is 0. The van der Waals surface area contributed by atoms with E-state index in [0.29, 0.717) is 6.67 Å². The zero-order chi connectivity index (χ0) is 3.54. The first-order chi connectivity index (χ1) is 2.50. The molecular weight excluding hydrogens is 82.0 g/mol. The smallest absolute Gasteiger partial charge is 0.175 e. The van der Waals surface area contributed by atoms with Crippen LogP contribution in [-0.4, -0.2) is 6.67 Å².